The highest BCUT2D eigenvalue weighted by Crippen LogP contribution is 2.31. The van der Waals surface area contributed by atoms with E-state index in [9.17, 15) is 0 Å². The van der Waals surface area contributed by atoms with Gasteiger partial charge < -0.3 is 4.74 Å². The Kier molecular flexibility index (Phi) is 4.63. The minimum absolute atomic E-state index is 0.426. The normalized spacial score (nSPS) is 21.0. The van der Waals surface area contributed by atoms with Crippen molar-refractivity contribution in [2.45, 2.75) is 45.3 Å². The zero-order chi connectivity index (χ0) is 16.4. The SMILES string of the molecule is CCn1cc2c(n1)CN(Cc1ccncc1)CC2COCC1CC1. The number of aryl methyl sites for hydroxylation is 1. The summed E-state index contributed by atoms with van der Waals surface area (Å²) in [6.45, 7) is 7.71. The smallest absolute Gasteiger partial charge is 0.0801 e. The number of pyridine rings is 1. The minimum atomic E-state index is 0.426. The second-order valence-electron chi connectivity index (χ2n) is 7.09. The predicted octanol–water partition coefficient (Wildman–Crippen LogP) is 2.82. The van der Waals surface area contributed by atoms with Crippen molar-refractivity contribution in [3.63, 3.8) is 0 Å². The quantitative estimate of drug-likeness (QED) is 0.785. The highest BCUT2D eigenvalue weighted by Gasteiger charge is 2.29. The first-order chi connectivity index (χ1) is 11.8. The van der Waals surface area contributed by atoms with Gasteiger partial charge in [-0.25, -0.2) is 0 Å². The lowest BCUT2D eigenvalue weighted by Crippen LogP contribution is -2.34. The van der Waals surface area contributed by atoms with Crippen molar-refractivity contribution in [2.24, 2.45) is 5.92 Å². The lowest BCUT2D eigenvalue weighted by molar-refractivity contribution is 0.0890. The molecule has 2 aliphatic rings. The van der Waals surface area contributed by atoms with Gasteiger partial charge >= 0.3 is 0 Å². The van der Waals surface area contributed by atoms with Crippen LogP contribution in [0.5, 0.6) is 0 Å². The van der Waals surface area contributed by atoms with E-state index in [1.165, 1.54) is 29.7 Å². The van der Waals surface area contributed by atoms with Crippen LogP contribution in [0.3, 0.4) is 0 Å². The van der Waals surface area contributed by atoms with Gasteiger partial charge in [-0.3, -0.25) is 14.6 Å². The van der Waals surface area contributed by atoms with Crippen molar-refractivity contribution in [1.82, 2.24) is 19.7 Å². The van der Waals surface area contributed by atoms with E-state index < -0.39 is 0 Å². The maximum absolute atomic E-state index is 6.02. The van der Waals surface area contributed by atoms with Gasteiger partial charge in [0.15, 0.2) is 0 Å². The van der Waals surface area contributed by atoms with Crippen molar-refractivity contribution in [1.29, 1.82) is 0 Å². The van der Waals surface area contributed by atoms with Gasteiger partial charge in [0.05, 0.1) is 12.3 Å². The van der Waals surface area contributed by atoms with Crippen LogP contribution in [0.2, 0.25) is 0 Å². The van der Waals surface area contributed by atoms with E-state index in [0.717, 1.165) is 45.3 Å². The fourth-order valence-corrected chi connectivity index (χ4v) is 3.46. The Morgan fingerprint density at radius 1 is 1.21 bits per heavy atom. The molecule has 0 aromatic carbocycles. The van der Waals surface area contributed by atoms with Gasteiger partial charge in [0.2, 0.25) is 0 Å². The van der Waals surface area contributed by atoms with Crippen LogP contribution in [0.4, 0.5) is 0 Å². The predicted molar refractivity (Wildman–Crippen MR) is 92.5 cm³/mol. The maximum Gasteiger partial charge on any atom is 0.0801 e. The highest BCUT2D eigenvalue weighted by atomic mass is 16.5. The van der Waals surface area contributed by atoms with E-state index in [0.29, 0.717) is 5.92 Å². The second-order valence-corrected chi connectivity index (χ2v) is 7.09. The molecule has 0 radical (unpaired) electrons. The first-order valence-corrected chi connectivity index (χ1v) is 9.07. The molecule has 1 aliphatic heterocycles. The van der Waals surface area contributed by atoms with E-state index in [4.69, 9.17) is 9.84 Å². The molecule has 1 atom stereocenters. The van der Waals surface area contributed by atoms with Gasteiger partial charge in [-0.2, -0.15) is 5.10 Å². The molecule has 24 heavy (non-hydrogen) atoms. The Morgan fingerprint density at radius 3 is 2.79 bits per heavy atom. The van der Waals surface area contributed by atoms with E-state index in [1.807, 2.05) is 12.4 Å². The van der Waals surface area contributed by atoms with E-state index in [2.05, 4.69) is 39.8 Å². The average molecular weight is 326 g/mol. The van der Waals surface area contributed by atoms with Crippen molar-refractivity contribution >= 4 is 0 Å². The molecule has 0 spiro atoms. The minimum Gasteiger partial charge on any atom is -0.380 e. The molecular weight excluding hydrogens is 300 g/mol. The third-order valence-electron chi connectivity index (χ3n) is 5.01. The number of fused-ring (bicyclic) bond motifs is 1. The summed E-state index contributed by atoms with van der Waals surface area (Å²) in [6, 6.07) is 4.19. The zero-order valence-electron chi connectivity index (χ0n) is 14.4. The molecule has 2 aromatic heterocycles. The summed E-state index contributed by atoms with van der Waals surface area (Å²) in [5, 5.41) is 4.77. The average Bonchev–Trinajstić information content (AvgIpc) is 3.32. The van der Waals surface area contributed by atoms with Gasteiger partial charge in [0, 0.05) is 62.9 Å². The van der Waals surface area contributed by atoms with E-state index >= 15 is 0 Å². The molecule has 0 amide bonds. The summed E-state index contributed by atoms with van der Waals surface area (Å²) >= 11 is 0. The Bertz CT molecular complexity index is 665. The topological polar surface area (TPSA) is 43.2 Å². The van der Waals surface area contributed by atoms with Crippen LogP contribution in [-0.4, -0.2) is 39.4 Å². The van der Waals surface area contributed by atoms with Crippen LogP contribution >= 0.6 is 0 Å². The molecule has 1 unspecified atom stereocenters. The third kappa shape index (κ3) is 3.68. The highest BCUT2D eigenvalue weighted by molar-refractivity contribution is 5.26. The Labute approximate surface area is 143 Å². The molecular formula is C19H26N4O. The molecule has 5 heteroatoms. The van der Waals surface area contributed by atoms with E-state index in [-0.39, 0.29) is 0 Å². The van der Waals surface area contributed by atoms with Gasteiger partial charge in [-0.05, 0) is 43.4 Å². The lowest BCUT2D eigenvalue weighted by atomic mass is 9.95. The van der Waals surface area contributed by atoms with Crippen molar-refractivity contribution in [2.75, 3.05) is 19.8 Å². The molecule has 3 heterocycles. The summed E-state index contributed by atoms with van der Waals surface area (Å²) in [5.41, 5.74) is 3.91. The fraction of sp³-hybridized carbons (Fsp3) is 0.579. The van der Waals surface area contributed by atoms with Gasteiger partial charge in [-0.15, -0.1) is 0 Å². The van der Waals surface area contributed by atoms with Gasteiger partial charge in [0.1, 0.15) is 0 Å². The fourth-order valence-electron chi connectivity index (χ4n) is 3.46. The van der Waals surface area contributed by atoms with Gasteiger partial charge in [-0.1, -0.05) is 0 Å². The van der Waals surface area contributed by atoms with E-state index in [1.54, 1.807) is 0 Å². The van der Waals surface area contributed by atoms with Crippen LogP contribution in [0.1, 0.15) is 42.5 Å². The summed E-state index contributed by atoms with van der Waals surface area (Å²) in [5.74, 6) is 1.24. The molecule has 0 N–H and O–H groups in total. The van der Waals surface area contributed by atoms with Gasteiger partial charge in [0.25, 0.3) is 0 Å². The summed E-state index contributed by atoms with van der Waals surface area (Å²) in [6.07, 6.45) is 8.65. The number of rotatable bonds is 7. The molecule has 4 rings (SSSR count). The molecule has 0 bridgehead atoms. The number of aromatic nitrogens is 3. The molecule has 2 aromatic rings. The first-order valence-electron chi connectivity index (χ1n) is 9.07. The van der Waals surface area contributed by atoms with Crippen LogP contribution < -0.4 is 0 Å². The molecule has 0 saturated heterocycles. The molecule has 5 nitrogen and oxygen atoms in total. The Hall–Kier alpha value is -1.72. The lowest BCUT2D eigenvalue weighted by Gasteiger charge is -2.32. The number of hydrogen-bond donors (Lipinski definition) is 0. The monoisotopic (exact) mass is 326 g/mol. The first kappa shape index (κ1) is 15.8. The second kappa shape index (κ2) is 7.03. The maximum atomic E-state index is 6.02. The third-order valence-corrected chi connectivity index (χ3v) is 5.01. The van der Waals surface area contributed by atoms with Crippen molar-refractivity contribution < 1.29 is 4.74 Å². The Morgan fingerprint density at radius 2 is 2.04 bits per heavy atom. The summed E-state index contributed by atoms with van der Waals surface area (Å²) in [7, 11) is 0. The van der Waals surface area contributed by atoms with Crippen LogP contribution in [0.25, 0.3) is 0 Å². The molecule has 128 valence electrons. The number of hydrogen-bond acceptors (Lipinski definition) is 4. The molecule has 1 saturated carbocycles. The largest absolute Gasteiger partial charge is 0.380 e. The number of ether oxygens (including phenoxy) is 1. The van der Waals surface area contributed by atoms with Crippen molar-refractivity contribution in [3.05, 3.63) is 47.5 Å². The molecule has 1 aliphatic carbocycles. The Balaban J connectivity index is 1.47. The standard InChI is InChI=1S/C19H26N4O/c1-2-23-11-18-17(14-24-13-16-3-4-16)10-22(12-19(18)21-23)9-15-5-7-20-8-6-15/h5-8,11,16-17H,2-4,9-10,12-14H2,1H3. The van der Waals surface area contributed by atoms with Crippen molar-refractivity contribution in [3.8, 4) is 0 Å². The zero-order valence-corrected chi connectivity index (χ0v) is 14.4. The van der Waals surface area contributed by atoms with Crippen LogP contribution in [0, 0.1) is 5.92 Å². The summed E-state index contributed by atoms with van der Waals surface area (Å²) in [4.78, 5) is 6.59. The van der Waals surface area contributed by atoms with Crippen LogP contribution in [-0.2, 0) is 24.4 Å². The molecule has 1 fully saturated rings. The van der Waals surface area contributed by atoms with Crippen LogP contribution in [0.15, 0.2) is 30.7 Å². The number of nitrogens with zero attached hydrogens (tertiary/aromatic N) is 4. The summed E-state index contributed by atoms with van der Waals surface area (Å²) < 4.78 is 8.09.